The minimum Gasteiger partial charge on any atom is -0.463 e. The standard InChI is InChI=1S/C18H17N5O4S3/c1-2-26-17(25)19-16-20-21-18(30-16)29-10-15(24)23-12(14-6-4-8-28-14)9-11(22-23)13-5-3-7-27-13/h3-8,12H,2,9-10H2,1H3,(H,19,20,25). The Morgan fingerprint density at radius 2 is 2.27 bits per heavy atom. The van der Waals surface area contributed by atoms with Crippen molar-refractivity contribution in [2.24, 2.45) is 5.10 Å². The Hall–Kier alpha value is -2.70. The number of rotatable bonds is 7. The first-order chi connectivity index (χ1) is 14.6. The summed E-state index contributed by atoms with van der Waals surface area (Å²) in [6.07, 6.45) is 1.60. The average Bonchev–Trinajstić information content (AvgIpc) is 3.53. The molecule has 0 fully saturated rings. The largest absolute Gasteiger partial charge is 0.463 e. The Bertz CT molecular complexity index is 1030. The van der Waals surface area contributed by atoms with E-state index in [1.807, 2.05) is 23.6 Å². The zero-order valence-electron chi connectivity index (χ0n) is 15.8. The van der Waals surface area contributed by atoms with Crippen LogP contribution in [0.15, 0.2) is 49.8 Å². The summed E-state index contributed by atoms with van der Waals surface area (Å²) in [6.45, 7) is 1.98. The van der Waals surface area contributed by atoms with Crippen LogP contribution in [0.25, 0.3) is 0 Å². The van der Waals surface area contributed by atoms with Crippen LogP contribution in [0, 0.1) is 0 Å². The highest BCUT2D eigenvalue weighted by Crippen LogP contribution is 2.36. The number of nitrogens with one attached hydrogen (secondary N) is 1. The third-order valence-corrected chi connectivity index (χ3v) is 6.98. The van der Waals surface area contributed by atoms with Crippen molar-refractivity contribution >= 4 is 57.3 Å². The number of anilines is 1. The van der Waals surface area contributed by atoms with Crippen LogP contribution < -0.4 is 5.32 Å². The molecular formula is C18H17N5O4S3. The molecule has 30 heavy (non-hydrogen) atoms. The first-order valence-corrected chi connectivity index (χ1v) is 11.7. The van der Waals surface area contributed by atoms with Gasteiger partial charge >= 0.3 is 6.09 Å². The van der Waals surface area contributed by atoms with Gasteiger partial charge in [0, 0.05) is 11.3 Å². The minimum absolute atomic E-state index is 0.143. The molecule has 1 unspecified atom stereocenters. The highest BCUT2D eigenvalue weighted by atomic mass is 32.2. The molecule has 0 saturated heterocycles. The topological polar surface area (TPSA) is 110 Å². The van der Waals surface area contributed by atoms with E-state index < -0.39 is 6.09 Å². The van der Waals surface area contributed by atoms with Gasteiger partial charge < -0.3 is 9.15 Å². The summed E-state index contributed by atoms with van der Waals surface area (Å²) in [4.78, 5) is 25.5. The minimum atomic E-state index is -0.586. The van der Waals surface area contributed by atoms with Crippen LogP contribution in [0.5, 0.6) is 0 Å². The van der Waals surface area contributed by atoms with Gasteiger partial charge in [0.05, 0.1) is 24.7 Å². The number of nitrogens with zero attached hydrogens (tertiary/aromatic N) is 4. The maximum absolute atomic E-state index is 12.9. The van der Waals surface area contributed by atoms with Gasteiger partial charge in [-0.1, -0.05) is 29.2 Å². The zero-order valence-corrected chi connectivity index (χ0v) is 18.3. The summed E-state index contributed by atoms with van der Waals surface area (Å²) in [5.74, 6) is 0.665. The molecule has 0 spiro atoms. The molecule has 2 amide bonds. The fourth-order valence-corrected chi connectivity index (χ4v) is 5.20. The molecule has 4 rings (SSSR count). The van der Waals surface area contributed by atoms with Gasteiger partial charge in [-0.15, -0.1) is 21.5 Å². The van der Waals surface area contributed by atoms with E-state index >= 15 is 0 Å². The lowest BCUT2D eigenvalue weighted by Crippen LogP contribution is -2.28. The zero-order chi connectivity index (χ0) is 20.9. The second-order valence-electron chi connectivity index (χ2n) is 6.00. The van der Waals surface area contributed by atoms with Crippen molar-refractivity contribution in [2.75, 3.05) is 17.7 Å². The number of hydrazone groups is 1. The number of thiophene rings is 1. The van der Waals surface area contributed by atoms with Crippen LogP contribution in [0.3, 0.4) is 0 Å². The van der Waals surface area contributed by atoms with E-state index in [1.54, 1.807) is 30.6 Å². The van der Waals surface area contributed by atoms with E-state index in [4.69, 9.17) is 9.15 Å². The van der Waals surface area contributed by atoms with Crippen molar-refractivity contribution in [3.05, 3.63) is 46.5 Å². The van der Waals surface area contributed by atoms with Crippen LogP contribution in [0.2, 0.25) is 0 Å². The Morgan fingerprint density at radius 1 is 1.37 bits per heavy atom. The van der Waals surface area contributed by atoms with E-state index in [1.165, 1.54) is 28.1 Å². The second kappa shape index (κ2) is 9.41. The molecule has 3 aromatic heterocycles. The maximum atomic E-state index is 12.9. The quantitative estimate of drug-likeness (QED) is 0.412. The molecule has 12 heteroatoms. The van der Waals surface area contributed by atoms with E-state index in [0.717, 1.165) is 10.6 Å². The van der Waals surface area contributed by atoms with Gasteiger partial charge in [0.25, 0.3) is 5.91 Å². The van der Waals surface area contributed by atoms with E-state index in [9.17, 15) is 9.59 Å². The van der Waals surface area contributed by atoms with E-state index in [-0.39, 0.29) is 24.3 Å². The molecule has 0 bridgehead atoms. The summed E-state index contributed by atoms with van der Waals surface area (Å²) in [5, 5.41) is 18.7. The number of aromatic nitrogens is 2. The molecule has 156 valence electrons. The molecule has 1 N–H and O–H groups in total. The predicted molar refractivity (Wildman–Crippen MR) is 115 cm³/mol. The normalized spacial score (nSPS) is 15.8. The van der Waals surface area contributed by atoms with Gasteiger partial charge in [0.15, 0.2) is 4.34 Å². The van der Waals surface area contributed by atoms with Crippen LogP contribution >= 0.6 is 34.4 Å². The summed E-state index contributed by atoms with van der Waals surface area (Å²) < 4.78 is 10.8. The first kappa shape index (κ1) is 20.6. The fraction of sp³-hybridized carbons (Fsp3) is 0.278. The SMILES string of the molecule is CCOC(=O)Nc1nnc(SCC(=O)N2N=C(c3ccco3)CC2c2cccs2)s1. The number of thioether (sulfide) groups is 1. The van der Waals surface area contributed by atoms with E-state index in [2.05, 4.69) is 20.6 Å². The van der Waals surface area contributed by atoms with Gasteiger partial charge in [0.2, 0.25) is 5.13 Å². The lowest BCUT2D eigenvalue weighted by atomic mass is 10.1. The lowest BCUT2D eigenvalue weighted by molar-refractivity contribution is -0.130. The molecule has 1 aliphatic rings. The maximum Gasteiger partial charge on any atom is 0.413 e. The molecule has 0 radical (unpaired) electrons. The monoisotopic (exact) mass is 463 g/mol. The summed E-state index contributed by atoms with van der Waals surface area (Å²) in [7, 11) is 0. The Labute approximate surface area is 184 Å². The van der Waals surface area contributed by atoms with Crippen molar-refractivity contribution in [2.45, 2.75) is 23.7 Å². The molecule has 4 heterocycles. The average molecular weight is 464 g/mol. The number of hydrogen-bond acceptors (Lipinski definition) is 10. The van der Waals surface area contributed by atoms with Crippen molar-refractivity contribution in [3.63, 3.8) is 0 Å². The Morgan fingerprint density at radius 3 is 3.00 bits per heavy atom. The number of carbonyl (C=O) groups excluding carboxylic acids is 2. The molecule has 9 nitrogen and oxygen atoms in total. The van der Waals surface area contributed by atoms with Gasteiger partial charge in [-0.3, -0.25) is 10.1 Å². The molecule has 3 aromatic rings. The highest BCUT2D eigenvalue weighted by Gasteiger charge is 2.34. The van der Waals surface area contributed by atoms with Crippen molar-refractivity contribution in [1.29, 1.82) is 0 Å². The smallest absolute Gasteiger partial charge is 0.413 e. The number of carbonyl (C=O) groups is 2. The van der Waals surface area contributed by atoms with Crippen LogP contribution in [0.4, 0.5) is 9.93 Å². The van der Waals surface area contributed by atoms with Crippen LogP contribution in [-0.2, 0) is 9.53 Å². The molecule has 0 aliphatic carbocycles. The Kier molecular flexibility index (Phi) is 6.45. The fourth-order valence-electron chi connectivity index (χ4n) is 2.80. The summed E-state index contributed by atoms with van der Waals surface area (Å²) in [5.41, 5.74) is 0.744. The molecule has 0 saturated carbocycles. The second-order valence-corrected chi connectivity index (χ2v) is 9.18. The Balaban J connectivity index is 1.42. The van der Waals surface area contributed by atoms with Crippen molar-refractivity contribution in [3.8, 4) is 0 Å². The van der Waals surface area contributed by atoms with Gasteiger partial charge in [-0.05, 0) is 30.5 Å². The third-order valence-electron chi connectivity index (χ3n) is 4.05. The van der Waals surface area contributed by atoms with Crippen molar-refractivity contribution in [1.82, 2.24) is 15.2 Å². The highest BCUT2D eigenvalue weighted by molar-refractivity contribution is 8.01. The van der Waals surface area contributed by atoms with Crippen LogP contribution in [-0.4, -0.2) is 45.3 Å². The summed E-state index contributed by atoms with van der Waals surface area (Å²) in [6, 6.07) is 7.44. The van der Waals surface area contributed by atoms with Crippen LogP contribution in [0.1, 0.15) is 30.0 Å². The van der Waals surface area contributed by atoms with Crippen molar-refractivity contribution < 1.29 is 18.7 Å². The first-order valence-electron chi connectivity index (χ1n) is 9.01. The summed E-state index contributed by atoms with van der Waals surface area (Å²) >= 11 is 4.02. The molecule has 1 aliphatic heterocycles. The van der Waals surface area contributed by atoms with Gasteiger partial charge in [-0.2, -0.15) is 5.10 Å². The number of furan rings is 1. The predicted octanol–water partition coefficient (Wildman–Crippen LogP) is 4.23. The van der Waals surface area contributed by atoms with Gasteiger partial charge in [-0.25, -0.2) is 9.80 Å². The molecule has 0 aromatic carbocycles. The lowest BCUT2D eigenvalue weighted by Gasteiger charge is -2.20. The molecule has 1 atom stereocenters. The number of amides is 2. The third kappa shape index (κ3) is 4.71. The number of hydrogen-bond donors (Lipinski definition) is 1. The molecular weight excluding hydrogens is 446 g/mol. The number of ether oxygens (including phenoxy) is 1. The van der Waals surface area contributed by atoms with Gasteiger partial charge in [0.1, 0.15) is 11.5 Å². The van der Waals surface area contributed by atoms with E-state index in [0.29, 0.717) is 21.7 Å².